The van der Waals surface area contributed by atoms with Crippen LogP contribution in [0.5, 0.6) is 0 Å². The summed E-state index contributed by atoms with van der Waals surface area (Å²) < 4.78 is 17.9. The highest BCUT2D eigenvalue weighted by Gasteiger charge is 2.51. The first-order chi connectivity index (χ1) is 9.78. The number of ether oxygens (including phenoxy) is 1. The topological polar surface area (TPSA) is 27.7 Å². The second kappa shape index (κ2) is 5.11. The molecule has 0 radical (unpaired) electrons. The van der Waals surface area contributed by atoms with Crippen LogP contribution in [0.2, 0.25) is 0 Å². The summed E-state index contributed by atoms with van der Waals surface area (Å²) in [6.07, 6.45) is 1.10. The molecule has 0 saturated carbocycles. The van der Waals surface area contributed by atoms with Crippen LogP contribution in [0, 0.1) is 6.92 Å². The monoisotopic (exact) mass is 288 g/mol. The van der Waals surface area contributed by atoms with Crippen molar-refractivity contribution >= 4 is 12.6 Å². The fraction of sp³-hybridized carbons (Fsp3) is 0.647. The SMILES string of the molecule is Cc1cc(B2OC(C)(C)C(C)(C)O2)cc(C2CCOC2)c1. The van der Waals surface area contributed by atoms with Crippen LogP contribution in [-0.2, 0) is 14.0 Å². The Hall–Kier alpha value is -0.835. The molecule has 3 nitrogen and oxygen atoms in total. The number of benzene rings is 1. The van der Waals surface area contributed by atoms with Crippen LogP contribution in [0.25, 0.3) is 0 Å². The molecule has 4 heteroatoms. The molecule has 0 N–H and O–H groups in total. The van der Waals surface area contributed by atoms with Crippen LogP contribution in [-0.4, -0.2) is 31.5 Å². The first-order valence-corrected chi connectivity index (χ1v) is 7.83. The summed E-state index contributed by atoms with van der Waals surface area (Å²) in [7, 11) is -0.282. The van der Waals surface area contributed by atoms with E-state index in [9.17, 15) is 0 Å². The zero-order valence-electron chi connectivity index (χ0n) is 13.7. The minimum Gasteiger partial charge on any atom is -0.399 e. The molecule has 1 aromatic carbocycles. The summed E-state index contributed by atoms with van der Waals surface area (Å²) in [4.78, 5) is 0. The van der Waals surface area contributed by atoms with E-state index in [2.05, 4.69) is 52.8 Å². The van der Waals surface area contributed by atoms with Gasteiger partial charge in [0.25, 0.3) is 0 Å². The lowest BCUT2D eigenvalue weighted by Gasteiger charge is -2.32. The minimum atomic E-state index is -0.294. The van der Waals surface area contributed by atoms with Gasteiger partial charge in [0.1, 0.15) is 0 Å². The van der Waals surface area contributed by atoms with Crippen LogP contribution >= 0.6 is 0 Å². The number of hydrogen-bond acceptors (Lipinski definition) is 3. The largest absolute Gasteiger partial charge is 0.494 e. The van der Waals surface area contributed by atoms with E-state index in [-0.39, 0.29) is 18.3 Å². The van der Waals surface area contributed by atoms with Crippen molar-refractivity contribution < 1.29 is 14.0 Å². The van der Waals surface area contributed by atoms with Crippen LogP contribution in [0.3, 0.4) is 0 Å². The fourth-order valence-corrected chi connectivity index (χ4v) is 2.99. The summed E-state index contributed by atoms with van der Waals surface area (Å²) in [6, 6.07) is 6.66. The predicted molar refractivity (Wildman–Crippen MR) is 85.1 cm³/mol. The summed E-state index contributed by atoms with van der Waals surface area (Å²) in [6.45, 7) is 12.2. The Balaban J connectivity index is 1.89. The third kappa shape index (κ3) is 2.77. The van der Waals surface area contributed by atoms with Crippen LogP contribution in [0.4, 0.5) is 0 Å². The molecular weight excluding hydrogens is 263 g/mol. The molecule has 1 aromatic rings. The Kier molecular flexibility index (Phi) is 3.67. The zero-order valence-corrected chi connectivity index (χ0v) is 13.7. The number of hydrogen-bond donors (Lipinski definition) is 0. The van der Waals surface area contributed by atoms with Crippen LogP contribution in [0.1, 0.15) is 51.2 Å². The molecule has 0 bridgehead atoms. The normalized spacial score (nSPS) is 27.3. The van der Waals surface area contributed by atoms with Gasteiger partial charge < -0.3 is 14.0 Å². The first-order valence-electron chi connectivity index (χ1n) is 7.83. The van der Waals surface area contributed by atoms with E-state index in [1.807, 2.05) is 0 Å². The highest BCUT2D eigenvalue weighted by Crippen LogP contribution is 2.36. The van der Waals surface area contributed by atoms with Gasteiger partial charge in [-0.1, -0.05) is 23.8 Å². The van der Waals surface area contributed by atoms with E-state index >= 15 is 0 Å². The second-order valence-electron chi connectivity index (χ2n) is 7.33. The lowest BCUT2D eigenvalue weighted by Crippen LogP contribution is -2.41. The standard InChI is InChI=1S/C17H25BO3/c1-12-8-14(13-6-7-19-11-13)10-15(9-12)18-20-16(2,3)17(4,5)21-18/h8-10,13H,6-7,11H2,1-5H3. The van der Waals surface area contributed by atoms with Crippen molar-refractivity contribution in [2.75, 3.05) is 13.2 Å². The van der Waals surface area contributed by atoms with Gasteiger partial charge >= 0.3 is 7.12 Å². The van der Waals surface area contributed by atoms with E-state index in [4.69, 9.17) is 14.0 Å². The van der Waals surface area contributed by atoms with Gasteiger partial charge in [-0.05, 0) is 52.1 Å². The van der Waals surface area contributed by atoms with Gasteiger partial charge in [-0.2, -0.15) is 0 Å². The second-order valence-corrected chi connectivity index (χ2v) is 7.33. The molecule has 0 amide bonds. The zero-order chi connectivity index (χ0) is 15.3. The number of aryl methyl sites for hydroxylation is 1. The van der Waals surface area contributed by atoms with Gasteiger partial charge in [0, 0.05) is 12.5 Å². The third-order valence-electron chi connectivity index (χ3n) is 5.05. The van der Waals surface area contributed by atoms with Crippen molar-refractivity contribution in [2.45, 2.75) is 58.2 Å². The fourth-order valence-electron chi connectivity index (χ4n) is 2.99. The molecule has 0 spiro atoms. The Bertz CT molecular complexity index is 517. The van der Waals surface area contributed by atoms with Crippen molar-refractivity contribution in [3.8, 4) is 0 Å². The molecule has 2 heterocycles. The van der Waals surface area contributed by atoms with E-state index in [0.717, 1.165) is 25.1 Å². The lowest BCUT2D eigenvalue weighted by atomic mass is 9.76. The molecule has 3 rings (SSSR count). The maximum Gasteiger partial charge on any atom is 0.494 e. The van der Waals surface area contributed by atoms with Gasteiger partial charge in [0.15, 0.2) is 0 Å². The van der Waals surface area contributed by atoms with Crippen molar-refractivity contribution in [2.24, 2.45) is 0 Å². The highest BCUT2D eigenvalue weighted by atomic mass is 16.7. The smallest absolute Gasteiger partial charge is 0.399 e. The highest BCUT2D eigenvalue weighted by molar-refractivity contribution is 6.62. The van der Waals surface area contributed by atoms with Gasteiger partial charge in [0.2, 0.25) is 0 Å². The molecule has 114 valence electrons. The van der Waals surface area contributed by atoms with E-state index in [1.54, 1.807) is 0 Å². The molecule has 2 aliphatic rings. The average Bonchev–Trinajstić information content (AvgIpc) is 2.96. The molecule has 21 heavy (non-hydrogen) atoms. The number of rotatable bonds is 2. The third-order valence-corrected chi connectivity index (χ3v) is 5.05. The van der Waals surface area contributed by atoms with E-state index in [1.165, 1.54) is 11.1 Å². The maximum absolute atomic E-state index is 6.17. The maximum atomic E-state index is 6.17. The Morgan fingerprint density at radius 3 is 2.29 bits per heavy atom. The van der Waals surface area contributed by atoms with Crippen molar-refractivity contribution in [3.63, 3.8) is 0 Å². The van der Waals surface area contributed by atoms with Crippen molar-refractivity contribution in [1.29, 1.82) is 0 Å². The lowest BCUT2D eigenvalue weighted by molar-refractivity contribution is 0.00578. The molecule has 0 aliphatic carbocycles. The van der Waals surface area contributed by atoms with E-state index in [0.29, 0.717) is 5.92 Å². The summed E-state index contributed by atoms with van der Waals surface area (Å²) in [5.41, 5.74) is 3.13. The van der Waals surface area contributed by atoms with Crippen molar-refractivity contribution in [3.05, 3.63) is 29.3 Å². The van der Waals surface area contributed by atoms with Crippen LogP contribution < -0.4 is 5.46 Å². The Labute approximate surface area is 128 Å². The molecule has 0 aromatic heterocycles. The summed E-state index contributed by atoms with van der Waals surface area (Å²) >= 11 is 0. The molecule has 1 atom stereocenters. The molecular formula is C17H25BO3. The summed E-state index contributed by atoms with van der Waals surface area (Å²) in [5, 5.41) is 0. The van der Waals surface area contributed by atoms with Gasteiger partial charge in [0.05, 0.1) is 17.8 Å². The van der Waals surface area contributed by atoms with Gasteiger partial charge in [-0.25, -0.2) is 0 Å². The Morgan fingerprint density at radius 1 is 1.05 bits per heavy atom. The first kappa shape index (κ1) is 15.1. The Morgan fingerprint density at radius 2 is 1.71 bits per heavy atom. The summed E-state index contributed by atoms with van der Waals surface area (Å²) in [5.74, 6) is 0.506. The van der Waals surface area contributed by atoms with E-state index < -0.39 is 0 Å². The molecule has 2 fully saturated rings. The van der Waals surface area contributed by atoms with Crippen LogP contribution in [0.15, 0.2) is 18.2 Å². The quantitative estimate of drug-likeness (QED) is 0.783. The molecule has 1 unspecified atom stereocenters. The molecule has 2 aliphatic heterocycles. The average molecular weight is 288 g/mol. The predicted octanol–water partition coefficient (Wildman–Crippen LogP) is 2.80. The molecule has 2 saturated heterocycles. The van der Waals surface area contributed by atoms with Gasteiger partial charge in [-0.3, -0.25) is 0 Å². The minimum absolute atomic E-state index is 0.282. The van der Waals surface area contributed by atoms with Gasteiger partial charge in [-0.15, -0.1) is 0 Å². The van der Waals surface area contributed by atoms with Crippen molar-refractivity contribution in [1.82, 2.24) is 0 Å².